The summed E-state index contributed by atoms with van der Waals surface area (Å²) >= 11 is 0. The molecule has 12 nitrogen and oxygen atoms in total. The van der Waals surface area contributed by atoms with E-state index in [2.05, 4.69) is 15.4 Å². The van der Waals surface area contributed by atoms with Gasteiger partial charge < -0.3 is 24.6 Å². The number of alkyl halides is 5. The van der Waals surface area contributed by atoms with Crippen LogP contribution in [0.4, 0.5) is 39.3 Å². The highest BCUT2D eigenvalue weighted by molar-refractivity contribution is 5.91. The van der Waals surface area contributed by atoms with Gasteiger partial charge in [0, 0.05) is 63.6 Å². The van der Waals surface area contributed by atoms with Crippen LogP contribution in [-0.4, -0.2) is 106 Å². The third-order valence-corrected chi connectivity index (χ3v) is 8.60. The van der Waals surface area contributed by atoms with Gasteiger partial charge in [-0.1, -0.05) is 0 Å². The lowest BCUT2D eigenvalue weighted by Crippen LogP contribution is -2.50. The summed E-state index contributed by atoms with van der Waals surface area (Å²) in [6.45, 7) is 5.00. The fourth-order valence-electron chi connectivity index (χ4n) is 6.03. The summed E-state index contributed by atoms with van der Waals surface area (Å²) in [5, 5.41) is 7.12. The predicted octanol–water partition coefficient (Wildman–Crippen LogP) is 2.69. The predicted molar refractivity (Wildman–Crippen MR) is 160 cm³/mol. The number of carbonyl (C=O) groups is 2. The number of carbonyl (C=O) groups excluding carboxylic acids is 2. The van der Waals surface area contributed by atoms with Crippen molar-refractivity contribution in [3.05, 3.63) is 45.9 Å². The quantitative estimate of drug-likeness (QED) is 0.370. The second-order valence-corrected chi connectivity index (χ2v) is 11.6. The van der Waals surface area contributed by atoms with Gasteiger partial charge in [0.15, 0.2) is 0 Å². The number of hydrogen-bond acceptors (Lipinski definition) is 8. The van der Waals surface area contributed by atoms with Gasteiger partial charge in [-0.05, 0) is 51.1 Å². The van der Waals surface area contributed by atoms with Crippen LogP contribution in [0.5, 0.6) is 0 Å². The zero-order valence-corrected chi connectivity index (χ0v) is 25.7. The molecular weight excluding hydrogens is 617 g/mol. The number of aromatic nitrogens is 4. The Morgan fingerprint density at radius 2 is 1.65 bits per heavy atom. The van der Waals surface area contributed by atoms with Gasteiger partial charge in [-0.2, -0.15) is 22.7 Å². The van der Waals surface area contributed by atoms with E-state index in [-0.39, 0.29) is 42.5 Å². The van der Waals surface area contributed by atoms with Crippen LogP contribution in [0.15, 0.2) is 29.1 Å². The van der Waals surface area contributed by atoms with E-state index in [1.54, 1.807) is 23.8 Å². The highest BCUT2D eigenvalue weighted by atomic mass is 19.4. The number of fused-ring (bicyclic) bond motifs is 1. The molecule has 2 amide bonds. The van der Waals surface area contributed by atoms with Crippen molar-refractivity contribution in [2.45, 2.75) is 51.9 Å². The number of piperidine rings is 1. The topological polar surface area (TPSA) is 111 Å². The second kappa shape index (κ2) is 13.2. The van der Waals surface area contributed by atoms with Crippen molar-refractivity contribution < 1.29 is 31.5 Å². The van der Waals surface area contributed by atoms with Crippen molar-refractivity contribution in [2.24, 2.45) is 0 Å². The van der Waals surface area contributed by atoms with E-state index >= 15 is 0 Å². The van der Waals surface area contributed by atoms with Crippen LogP contribution in [0.1, 0.15) is 31.0 Å². The van der Waals surface area contributed by atoms with Crippen molar-refractivity contribution in [3.63, 3.8) is 0 Å². The van der Waals surface area contributed by atoms with E-state index in [1.165, 1.54) is 11.5 Å². The third-order valence-electron chi connectivity index (χ3n) is 8.60. The molecule has 3 aromatic rings. The molecule has 0 radical (unpaired) electrons. The average molecular weight is 654 g/mol. The van der Waals surface area contributed by atoms with Gasteiger partial charge in [0.05, 0.1) is 12.1 Å². The lowest BCUT2D eigenvalue weighted by atomic mass is 10.0. The molecule has 0 spiro atoms. The first-order chi connectivity index (χ1) is 21.7. The van der Waals surface area contributed by atoms with Gasteiger partial charge in [-0.3, -0.25) is 19.3 Å². The van der Waals surface area contributed by atoms with Crippen LogP contribution in [0.25, 0.3) is 5.78 Å². The van der Waals surface area contributed by atoms with Crippen LogP contribution in [0.3, 0.4) is 0 Å². The van der Waals surface area contributed by atoms with Crippen molar-refractivity contribution in [2.75, 3.05) is 68.0 Å². The minimum absolute atomic E-state index is 0.0429. The molecule has 17 heteroatoms. The molecule has 250 valence electrons. The van der Waals surface area contributed by atoms with E-state index < -0.39 is 29.6 Å². The number of halogens is 5. The number of anilines is 3. The molecule has 0 bridgehead atoms. The molecular formula is C29H36F5N9O3. The Labute approximate surface area is 261 Å². The summed E-state index contributed by atoms with van der Waals surface area (Å²) in [6.07, 6.45) is -5.78. The van der Waals surface area contributed by atoms with Crippen molar-refractivity contribution >= 4 is 34.9 Å². The first-order valence-corrected chi connectivity index (χ1v) is 14.9. The van der Waals surface area contributed by atoms with Crippen molar-refractivity contribution in [3.8, 4) is 0 Å². The van der Waals surface area contributed by atoms with Crippen LogP contribution in [0, 0.1) is 6.92 Å². The first-order valence-electron chi connectivity index (χ1n) is 14.9. The summed E-state index contributed by atoms with van der Waals surface area (Å²) in [5.74, 6) is -0.285. The number of piperazine rings is 1. The average Bonchev–Trinajstić information content (AvgIpc) is 3.45. The van der Waals surface area contributed by atoms with Crippen LogP contribution >= 0.6 is 0 Å². The summed E-state index contributed by atoms with van der Waals surface area (Å²) in [4.78, 5) is 50.6. The second-order valence-electron chi connectivity index (χ2n) is 11.6. The number of hydrogen-bond donors (Lipinski definition) is 1. The maximum Gasteiger partial charge on any atom is 0.416 e. The fraction of sp³-hybridized carbons (Fsp3) is 0.552. The summed E-state index contributed by atoms with van der Waals surface area (Å²) in [7, 11) is 1.67. The molecule has 0 saturated carbocycles. The van der Waals surface area contributed by atoms with Crippen LogP contribution in [0.2, 0.25) is 0 Å². The molecule has 2 aliphatic rings. The molecule has 0 atom stereocenters. The molecule has 4 heterocycles. The third kappa shape index (κ3) is 7.08. The van der Waals surface area contributed by atoms with Gasteiger partial charge in [-0.25, -0.2) is 8.78 Å². The molecule has 5 rings (SSSR count). The largest absolute Gasteiger partial charge is 0.416 e. The number of benzene rings is 1. The number of nitrogens with one attached hydrogen (secondary N) is 1. The minimum Gasteiger partial charge on any atom is -0.362 e. The molecule has 2 saturated heterocycles. The SMILES string of the molecule is CC(=O)N1CCN(c2c(C)n(CC(=O)Nc3ccc(C(F)(F)F)cc3)c3nc(N4CCC(N(C)CC(F)F)CC4)nn3c2=O)CC1. The zero-order chi connectivity index (χ0) is 33.3. The minimum atomic E-state index is -4.52. The summed E-state index contributed by atoms with van der Waals surface area (Å²) in [6, 6.07) is 4.02. The smallest absolute Gasteiger partial charge is 0.362 e. The van der Waals surface area contributed by atoms with E-state index in [9.17, 15) is 36.3 Å². The van der Waals surface area contributed by atoms with E-state index in [0.29, 0.717) is 63.5 Å². The maximum atomic E-state index is 13.9. The normalized spacial score (nSPS) is 16.6. The van der Waals surface area contributed by atoms with Gasteiger partial charge in [-0.15, -0.1) is 5.10 Å². The van der Waals surface area contributed by atoms with Crippen LogP contribution in [-0.2, 0) is 22.3 Å². The Morgan fingerprint density at radius 1 is 1.02 bits per heavy atom. The standard InChI is InChI=1S/C29H36F5N9O3/c1-18-25(40-14-12-39(13-15-40)19(2)44)26(46)43-28(36-27(37-43)41-10-8-22(9-11-41)38(3)16-23(30)31)42(18)17-24(45)35-21-6-4-20(5-7-21)29(32,33)34/h4-7,22-23H,8-17H2,1-3H3,(H,35,45). The van der Waals surface area contributed by atoms with Gasteiger partial charge >= 0.3 is 6.18 Å². The summed E-state index contributed by atoms with van der Waals surface area (Å²) < 4.78 is 67.5. The van der Waals surface area contributed by atoms with Gasteiger partial charge in [0.2, 0.25) is 23.5 Å². The molecule has 1 N–H and O–H groups in total. The lowest BCUT2D eigenvalue weighted by Gasteiger charge is -2.36. The Morgan fingerprint density at radius 3 is 2.22 bits per heavy atom. The Balaban J connectivity index is 1.45. The highest BCUT2D eigenvalue weighted by Gasteiger charge is 2.31. The lowest BCUT2D eigenvalue weighted by molar-refractivity contribution is -0.137. The monoisotopic (exact) mass is 653 g/mol. The molecule has 2 fully saturated rings. The molecule has 0 aliphatic carbocycles. The van der Waals surface area contributed by atoms with E-state index in [4.69, 9.17) is 0 Å². The highest BCUT2D eigenvalue weighted by Crippen LogP contribution is 2.30. The zero-order valence-electron chi connectivity index (χ0n) is 25.7. The van der Waals surface area contributed by atoms with E-state index in [0.717, 1.165) is 28.8 Å². The van der Waals surface area contributed by atoms with E-state index in [1.807, 2.05) is 9.80 Å². The van der Waals surface area contributed by atoms with Gasteiger partial charge in [0.25, 0.3) is 12.0 Å². The van der Waals surface area contributed by atoms with Gasteiger partial charge in [0.1, 0.15) is 12.2 Å². The summed E-state index contributed by atoms with van der Waals surface area (Å²) in [5.41, 5.74) is -0.410. The number of amides is 2. The molecule has 1 aromatic carbocycles. The Kier molecular flexibility index (Phi) is 9.51. The van der Waals surface area contributed by atoms with Crippen molar-refractivity contribution in [1.29, 1.82) is 0 Å². The number of rotatable bonds is 8. The van der Waals surface area contributed by atoms with Crippen LogP contribution < -0.4 is 20.7 Å². The first kappa shape index (κ1) is 33.1. The Hall–Kier alpha value is -4.28. The fourth-order valence-corrected chi connectivity index (χ4v) is 6.03. The number of nitrogens with zero attached hydrogens (tertiary/aromatic N) is 8. The molecule has 46 heavy (non-hydrogen) atoms. The molecule has 2 aromatic heterocycles. The maximum absolute atomic E-state index is 13.9. The Bertz CT molecular complexity index is 1620. The van der Waals surface area contributed by atoms with Crippen molar-refractivity contribution in [1.82, 2.24) is 29.0 Å². The molecule has 0 unspecified atom stereocenters. The molecule has 2 aliphatic heterocycles.